The molecule has 3 aromatic rings. The van der Waals surface area contributed by atoms with E-state index >= 15 is 0 Å². The summed E-state index contributed by atoms with van der Waals surface area (Å²) in [5, 5.41) is 7.05. The predicted octanol–water partition coefficient (Wildman–Crippen LogP) is 2.02. The van der Waals surface area contributed by atoms with Crippen LogP contribution in [0.4, 0.5) is 19.5 Å². The molecule has 0 saturated heterocycles. The van der Waals surface area contributed by atoms with Gasteiger partial charge in [0.15, 0.2) is 17.1 Å². The van der Waals surface area contributed by atoms with E-state index < -0.39 is 23.4 Å². The van der Waals surface area contributed by atoms with Gasteiger partial charge in [0.2, 0.25) is 5.95 Å². The van der Waals surface area contributed by atoms with E-state index in [-0.39, 0.29) is 24.0 Å². The van der Waals surface area contributed by atoms with E-state index in [2.05, 4.69) is 40.7 Å². The number of alkyl halides is 2. The van der Waals surface area contributed by atoms with Crippen molar-refractivity contribution in [1.29, 1.82) is 0 Å². The average Bonchev–Trinajstić information content (AvgIpc) is 3.23. The first-order chi connectivity index (χ1) is 14.5. The fraction of sp³-hybridized carbons (Fsp3) is 0.333. The Hall–Kier alpha value is -3.90. The zero-order valence-electron chi connectivity index (χ0n) is 16.7. The summed E-state index contributed by atoms with van der Waals surface area (Å²) in [6, 6.07) is 3.53. The Morgan fingerprint density at radius 1 is 1.26 bits per heavy atom. The smallest absolute Gasteiger partial charge is 0.395 e. The molecule has 0 atom stereocenters. The van der Waals surface area contributed by atoms with Crippen LogP contribution in [0.3, 0.4) is 0 Å². The first-order valence-corrected chi connectivity index (χ1v) is 9.19. The third-order valence-electron chi connectivity index (χ3n) is 4.29. The van der Waals surface area contributed by atoms with E-state index in [0.29, 0.717) is 16.6 Å². The van der Waals surface area contributed by atoms with Crippen LogP contribution in [0.25, 0.3) is 11.0 Å². The molecule has 11 nitrogen and oxygen atoms in total. The molecular weight excluding hydrogens is 416 g/mol. The van der Waals surface area contributed by atoms with Crippen LogP contribution in [0.15, 0.2) is 29.2 Å². The quantitative estimate of drug-likeness (QED) is 0.461. The van der Waals surface area contributed by atoms with Crippen molar-refractivity contribution in [2.75, 3.05) is 5.43 Å². The van der Waals surface area contributed by atoms with Gasteiger partial charge in [0.25, 0.3) is 5.56 Å². The molecule has 0 fully saturated rings. The lowest BCUT2D eigenvalue weighted by Crippen LogP contribution is -2.39. The van der Waals surface area contributed by atoms with Crippen molar-refractivity contribution >= 4 is 23.0 Å². The number of ether oxygens (including phenoxy) is 2. The number of amides is 2. The van der Waals surface area contributed by atoms with Gasteiger partial charge in [0.05, 0.1) is 11.7 Å². The van der Waals surface area contributed by atoms with Gasteiger partial charge in [-0.3, -0.25) is 15.2 Å². The van der Waals surface area contributed by atoms with Crippen LogP contribution in [0.1, 0.15) is 26.3 Å². The Morgan fingerprint density at radius 2 is 2.00 bits per heavy atom. The Balaban J connectivity index is 1.38. The molecule has 4 N–H and O–H groups in total. The number of hydrazine groups is 1. The van der Waals surface area contributed by atoms with Gasteiger partial charge in [-0.15, -0.1) is 8.78 Å². The number of urea groups is 1. The van der Waals surface area contributed by atoms with Crippen LogP contribution in [-0.2, 0) is 12.1 Å². The summed E-state index contributed by atoms with van der Waals surface area (Å²) in [5.41, 5.74) is 4.91. The van der Waals surface area contributed by atoms with Crippen LogP contribution in [0, 0.1) is 0 Å². The molecule has 1 aromatic carbocycles. The summed E-state index contributed by atoms with van der Waals surface area (Å²) < 4.78 is 36.4. The number of halogens is 2. The average molecular weight is 435 g/mol. The van der Waals surface area contributed by atoms with Crippen molar-refractivity contribution in [1.82, 2.24) is 30.5 Å². The number of benzene rings is 1. The van der Waals surface area contributed by atoms with Crippen molar-refractivity contribution in [3.63, 3.8) is 0 Å². The molecule has 0 aliphatic carbocycles. The molecule has 4 rings (SSSR count). The van der Waals surface area contributed by atoms with Gasteiger partial charge < -0.3 is 14.8 Å². The fourth-order valence-electron chi connectivity index (χ4n) is 2.91. The number of hydrogen-bond donors (Lipinski definition) is 4. The largest absolute Gasteiger partial charge is 0.586 e. The second-order valence-corrected chi connectivity index (χ2v) is 7.76. The molecule has 2 aromatic heterocycles. The molecule has 31 heavy (non-hydrogen) atoms. The first kappa shape index (κ1) is 20.4. The highest BCUT2D eigenvalue weighted by molar-refractivity contribution is 5.77. The van der Waals surface area contributed by atoms with E-state index in [1.807, 2.05) is 20.8 Å². The van der Waals surface area contributed by atoms with Gasteiger partial charge in [-0.25, -0.2) is 14.9 Å². The third kappa shape index (κ3) is 4.20. The van der Waals surface area contributed by atoms with E-state index in [1.54, 1.807) is 4.68 Å². The highest BCUT2D eigenvalue weighted by Gasteiger charge is 2.43. The number of hydrogen-bond acceptors (Lipinski definition) is 7. The van der Waals surface area contributed by atoms with E-state index in [4.69, 9.17) is 0 Å². The van der Waals surface area contributed by atoms with Crippen LogP contribution in [0.2, 0.25) is 0 Å². The van der Waals surface area contributed by atoms with Crippen LogP contribution in [-0.4, -0.2) is 32.1 Å². The summed E-state index contributed by atoms with van der Waals surface area (Å²) in [6.07, 6.45) is -2.28. The number of nitrogens with one attached hydrogen (secondary N) is 4. The van der Waals surface area contributed by atoms with Gasteiger partial charge in [-0.1, -0.05) is 6.07 Å². The van der Waals surface area contributed by atoms with Crippen LogP contribution < -0.4 is 31.2 Å². The number of anilines is 1. The predicted molar refractivity (Wildman–Crippen MR) is 105 cm³/mol. The van der Waals surface area contributed by atoms with E-state index in [9.17, 15) is 18.4 Å². The second-order valence-electron chi connectivity index (χ2n) is 7.76. The number of carbonyl (C=O) groups excluding carboxylic acids is 1. The zero-order valence-corrected chi connectivity index (χ0v) is 16.7. The van der Waals surface area contributed by atoms with E-state index in [0.717, 1.165) is 0 Å². The van der Waals surface area contributed by atoms with Crippen molar-refractivity contribution in [2.45, 2.75) is 39.1 Å². The monoisotopic (exact) mass is 435 g/mol. The molecule has 13 heteroatoms. The van der Waals surface area contributed by atoms with Crippen molar-refractivity contribution < 1.29 is 23.0 Å². The zero-order chi connectivity index (χ0) is 22.4. The minimum absolute atomic E-state index is 0.0176. The minimum Gasteiger partial charge on any atom is -0.395 e. The van der Waals surface area contributed by atoms with Crippen molar-refractivity contribution in [3.8, 4) is 11.5 Å². The summed E-state index contributed by atoms with van der Waals surface area (Å²) in [7, 11) is 0. The minimum atomic E-state index is -3.71. The lowest BCUT2D eigenvalue weighted by atomic mass is 10.1. The van der Waals surface area contributed by atoms with Crippen molar-refractivity contribution in [3.05, 3.63) is 40.3 Å². The molecule has 0 spiro atoms. The second kappa shape index (κ2) is 7.11. The lowest BCUT2D eigenvalue weighted by molar-refractivity contribution is -0.286. The number of nitrogens with zero attached hydrogens (tertiary/aromatic N) is 3. The number of carbonyl (C=O) groups is 1. The maximum absolute atomic E-state index is 13.1. The molecule has 3 heterocycles. The third-order valence-corrected chi connectivity index (χ3v) is 4.29. The number of rotatable bonds is 4. The Labute approximate surface area is 173 Å². The topological polar surface area (TPSA) is 135 Å². The molecule has 164 valence electrons. The van der Waals surface area contributed by atoms with Crippen LogP contribution >= 0.6 is 0 Å². The van der Waals surface area contributed by atoms with Gasteiger partial charge in [0, 0.05) is 6.54 Å². The Morgan fingerprint density at radius 3 is 2.74 bits per heavy atom. The molecule has 2 amide bonds. The standard InChI is InChI=1S/C18H19F2N7O4/c1-17(2,3)27-13-10(8-22-27)14(28)24-15(23-13)25-26-16(29)21-7-9-4-5-11-12(6-9)31-18(19,20)30-11/h4-6,8H,7H2,1-3H3,(H2,21,26,29)(H2,23,24,25,28). The number of H-pyrrole nitrogens is 1. The molecular formula is C18H19F2N7O4. The maximum atomic E-state index is 13.1. The van der Waals surface area contributed by atoms with Crippen LogP contribution in [0.5, 0.6) is 11.5 Å². The highest BCUT2D eigenvalue weighted by Crippen LogP contribution is 2.41. The van der Waals surface area contributed by atoms with Gasteiger partial charge >= 0.3 is 12.3 Å². The summed E-state index contributed by atoms with van der Waals surface area (Å²) in [6.45, 7) is 5.77. The fourth-order valence-corrected chi connectivity index (χ4v) is 2.91. The molecule has 0 unspecified atom stereocenters. The SMILES string of the molecule is CC(C)(C)n1ncc2c(=O)[nH]c(NNC(=O)NCc3ccc4c(c3)OC(F)(F)O4)nc21. The summed E-state index contributed by atoms with van der Waals surface area (Å²) >= 11 is 0. The number of aromatic nitrogens is 4. The number of aromatic amines is 1. The van der Waals surface area contributed by atoms with Gasteiger partial charge in [-0.2, -0.15) is 10.1 Å². The lowest BCUT2D eigenvalue weighted by Gasteiger charge is -2.19. The van der Waals surface area contributed by atoms with Gasteiger partial charge in [0.1, 0.15) is 5.39 Å². The summed E-state index contributed by atoms with van der Waals surface area (Å²) in [4.78, 5) is 31.1. The molecule has 1 aliphatic heterocycles. The molecule has 0 bridgehead atoms. The Bertz CT molecular complexity index is 1220. The molecule has 1 aliphatic rings. The molecule has 0 saturated carbocycles. The van der Waals surface area contributed by atoms with Crippen molar-refractivity contribution in [2.24, 2.45) is 0 Å². The maximum Gasteiger partial charge on any atom is 0.586 e. The highest BCUT2D eigenvalue weighted by atomic mass is 19.3. The van der Waals surface area contributed by atoms with E-state index in [1.165, 1.54) is 24.4 Å². The normalized spacial score (nSPS) is 14.5. The number of fused-ring (bicyclic) bond motifs is 2. The van der Waals surface area contributed by atoms with Gasteiger partial charge in [-0.05, 0) is 38.5 Å². The first-order valence-electron chi connectivity index (χ1n) is 9.19. The Kier molecular flexibility index (Phi) is 4.67. The summed E-state index contributed by atoms with van der Waals surface area (Å²) in [5.74, 6) is -0.183. The molecule has 0 radical (unpaired) electrons.